The van der Waals surface area contributed by atoms with E-state index in [1.54, 1.807) is 25.1 Å². The average Bonchev–Trinajstić information content (AvgIpc) is 2.61. The molecule has 2 atom stereocenters. The molecule has 0 fully saturated rings. The number of carbonyl (C=O) groups excluding carboxylic acids is 2. The number of benzene rings is 1. The number of aryl methyl sites for hydroxylation is 1. The largest absolute Gasteiger partial charge is 0.423 e. The van der Waals surface area contributed by atoms with Gasteiger partial charge in [-0.15, -0.1) is 0 Å². The number of fused-ring (bicyclic) bond motifs is 1. The van der Waals surface area contributed by atoms with Crippen LogP contribution in [0.3, 0.4) is 0 Å². The molecule has 2 rings (SSSR count). The molecule has 1 heterocycles. The molecule has 8 N–H and O–H groups in total. The highest BCUT2D eigenvalue weighted by molar-refractivity contribution is 5.98. The molecule has 0 bridgehead atoms. The van der Waals surface area contributed by atoms with Crippen molar-refractivity contribution in [2.75, 3.05) is 11.9 Å². The molecule has 8 nitrogen and oxygen atoms in total. The molecule has 0 aliphatic carbocycles. The van der Waals surface area contributed by atoms with E-state index in [2.05, 4.69) is 22.1 Å². The summed E-state index contributed by atoms with van der Waals surface area (Å²) < 4.78 is 5.18. The maximum atomic E-state index is 12.4. The quantitative estimate of drug-likeness (QED) is 0.366. The second-order valence-electron chi connectivity index (χ2n) is 6.73. The molecule has 2 aromatic rings. The first kappa shape index (κ1) is 20.6. The van der Waals surface area contributed by atoms with Gasteiger partial charge in [-0.25, -0.2) is 4.79 Å². The number of quaternary nitrogens is 2. The van der Waals surface area contributed by atoms with Crippen molar-refractivity contribution < 1.29 is 25.5 Å². The zero-order chi connectivity index (χ0) is 20.0. The van der Waals surface area contributed by atoms with Crippen LogP contribution in [0.25, 0.3) is 11.0 Å². The third kappa shape index (κ3) is 5.63. The van der Waals surface area contributed by atoms with E-state index in [9.17, 15) is 14.4 Å². The fourth-order valence-electron chi connectivity index (χ4n) is 2.75. The Morgan fingerprint density at radius 1 is 1.19 bits per heavy atom. The smallest absolute Gasteiger partial charge is 0.336 e. The minimum atomic E-state index is -0.713. The van der Waals surface area contributed by atoms with E-state index in [1.165, 1.54) is 6.07 Å². The summed E-state index contributed by atoms with van der Waals surface area (Å²) in [6, 6.07) is 5.41. The molecule has 0 aliphatic rings. The van der Waals surface area contributed by atoms with Gasteiger partial charge in [0.25, 0.3) is 5.91 Å². The van der Waals surface area contributed by atoms with E-state index in [4.69, 9.17) is 4.42 Å². The Balaban J connectivity index is 1.98. The van der Waals surface area contributed by atoms with Crippen molar-refractivity contribution in [1.29, 1.82) is 0 Å². The van der Waals surface area contributed by atoms with Crippen LogP contribution in [0, 0.1) is 6.92 Å². The predicted octanol–water partition coefficient (Wildman–Crippen LogP) is -0.433. The second kappa shape index (κ2) is 9.29. The third-order valence-corrected chi connectivity index (χ3v) is 4.39. The Hall–Kier alpha value is -2.71. The van der Waals surface area contributed by atoms with Crippen LogP contribution in [0.5, 0.6) is 0 Å². The van der Waals surface area contributed by atoms with Crippen molar-refractivity contribution in [2.24, 2.45) is 0 Å². The fourth-order valence-corrected chi connectivity index (χ4v) is 2.75. The van der Waals surface area contributed by atoms with Gasteiger partial charge in [-0.1, -0.05) is 0 Å². The summed E-state index contributed by atoms with van der Waals surface area (Å²) in [7, 11) is 0. The van der Waals surface area contributed by atoms with E-state index in [-0.39, 0.29) is 11.8 Å². The van der Waals surface area contributed by atoms with Crippen molar-refractivity contribution in [3.8, 4) is 0 Å². The lowest BCUT2D eigenvalue weighted by atomic mass is 10.1. The highest BCUT2D eigenvalue weighted by Gasteiger charge is 2.22. The van der Waals surface area contributed by atoms with Crippen molar-refractivity contribution in [1.82, 2.24) is 5.32 Å². The number of hydrogen-bond donors (Lipinski definition) is 4. The predicted molar refractivity (Wildman–Crippen MR) is 102 cm³/mol. The summed E-state index contributed by atoms with van der Waals surface area (Å²) in [5.74, 6) is -0.607. The van der Waals surface area contributed by atoms with E-state index in [1.807, 2.05) is 6.92 Å². The van der Waals surface area contributed by atoms with Gasteiger partial charge in [0.05, 0.1) is 6.54 Å². The maximum absolute atomic E-state index is 12.4. The van der Waals surface area contributed by atoms with Gasteiger partial charge in [0.2, 0.25) is 5.91 Å². The van der Waals surface area contributed by atoms with Crippen LogP contribution in [-0.4, -0.2) is 30.4 Å². The third-order valence-electron chi connectivity index (χ3n) is 4.39. The van der Waals surface area contributed by atoms with Crippen LogP contribution < -0.4 is 27.7 Å². The maximum Gasteiger partial charge on any atom is 0.336 e. The molecular formula is C19H28N4O4+2. The number of hydrogen-bond acceptors (Lipinski definition) is 4. The fraction of sp³-hybridized carbons (Fsp3) is 0.421. The number of amides is 2. The van der Waals surface area contributed by atoms with Gasteiger partial charge in [0.15, 0.2) is 6.04 Å². The first-order valence-corrected chi connectivity index (χ1v) is 9.10. The molecule has 0 aliphatic heterocycles. The molecule has 0 unspecified atom stereocenters. The van der Waals surface area contributed by atoms with Crippen LogP contribution in [0.1, 0.15) is 31.7 Å². The van der Waals surface area contributed by atoms with Gasteiger partial charge in [-0.05, 0) is 44.4 Å². The first-order valence-electron chi connectivity index (χ1n) is 9.10. The average molecular weight is 376 g/mol. The van der Waals surface area contributed by atoms with Crippen molar-refractivity contribution in [3.63, 3.8) is 0 Å². The van der Waals surface area contributed by atoms with Gasteiger partial charge >= 0.3 is 5.63 Å². The highest BCUT2D eigenvalue weighted by Crippen LogP contribution is 2.20. The summed E-state index contributed by atoms with van der Waals surface area (Å²) in [6.45, 7) is 4.27. The minimum absolute atomic E-state index is 0.248. The summed E-state index contributed by atoms with van der Waals surface area (Å²) >= 11 is 0. The highest BCUT2D eigenvalue weighted by atomic mass is 16.4. The Morgan fingerprint density at radius 2 is 1.93 bits per heavy atom. The molecule has 0 saturated heterocycles. The normalized spacial score (nSPS) is 13.2. The van der Waals surface area contributed by atoms with Crippen LogP contribution in [-0.2, 0) is 9.59 Å². The molecule has 146 valence electrons. The van der Waals surface area contributed by atoms with Gasteiger partial charge in [-0.2, -0.15) is 0 Å². The molecule has 8 heteroatoms. The van der Waals surface area contributed by atoms with Crippen molar-refractivity contribution in [2.45, 2.75) is 45.2 Å². The molecule has 0 radical (unpaired) electrons. The van der Waals surface area contributed by atoms with Crippen LogP contribution >= 0.6 is 0 Å². The number of carbonyl (C=O) groups is 2. The molecule has 1 aromatic heterocycles. The molecular weight excluding hydrogens is 348 g/mol. The lowest BCUT2D eigenvalue weighted by Gasteiger charge is -2.16. The summed E-state index contributed by atoms with van der Waals surface area (Å²) in [6.07, 6.45) is 2.50. The molecule has 0 saturated carbocycles. The number of rotatable bonds is 8. The SMILES string of the molecule is Cc1cc(=O)oc2cc(NC(=O)[C@H](C)NC(=O)[C@@H]([NH3+])CCCC[NH3+])ccc12. The monoisotopic (exact) mass is 376 g/mol. The van der Waals surface area contributed by atoms with Crippen molar-refractivity contribution in [3.05, 3.63) is 40.2 Å². The summed E-state index contributed by atoms with van der Waals surface area (Å²) in [5, 5.41) is 6.21. The lowest BCUT2D eigenvalue weighted by Crippen LogP contribution is -2.68. The minimum Gasteiger partial charge on any atom is -0.423 e. The lowest BCUT2D eigenvalue weighted by molar-refractivity contribution is -0.406. The van der Waals surface area contributed by atoms with E-state index in [0.717, 1.165) is 30.3 Å². The second-order valence-corrected chi connectivity index (χ2v) is 6.73. The summed E-state index contributed by atoms with van der Waals surface area (Å²) in [4.78, 5) is 36.0. The Kier molecular flexibility index (Phi) is 7.09. The molecule has 27 heavy (non-hydrogen) atoms. The number of unbranched alkanes of at least 4 members (excludes halogenated alkanes) is 1. The number of anilines is 1. The Morgan fingerprint density at radius 3 is 2.63 bits per heavy atom. The zero-order valence-corrected chi connectivity index (χ0v) is 15.8. The number of nitrogens with one attached hydrogen (secondary N) is 2. The standard InChI is InChI=1S/C19H26N4O4/c1-11-9-17(24)27-16-10-13(6-7-14(11)16)23-18(25)12(2)22-19(26)15(21)5-3-4-8-20/h6-7,9-10,12,15H,3-5,8,20-21H2,1-2H3,(H,22,26)(H,23,25)/p+2/t12-,15-/m0/s1. The van der Waals surface area contributed by atoms with Gasteiger partial charge < -0.3 is 26.5 Å². The van der Waals surface area contributed by atoms with Crippen LogP contribution in [0.15, 0.2) is 33.5 Å². The Bertz CT molecular complexity index is 878. The van der Waals surface area contributed by atoms with E-state index in [0.29, 0.717) is 17.7 Å². The van der Waals surface area contributed by atoms with Crippen LogP contribution in [0.4, 0.5) is 5.69 Å². The van der Waals surface area contributed by atoms with E-state index < -0.39 is 17.7 Å². The zero-order valence-electron chi connectivity index (χ0n) is 15.8. The van der Waals surface area contributed by atoms with Gasteiger partial charge in [0, 0.05) is 29.6 Å². The molecule has 2 amide bonds. The van der Waals surface area contributed by atoms with Crippen molar-refractivity contribution >= 4 is 28.5 Å². The van der Waals surface area contributed by atoms with Gasteiger partial charge in [0.1, 0.15) is 11.6 Å². The van der Waals surface area contributed by atoms with Gasteiger partial charge in [-0.3, -0.25) is 9.59 Å². The van der Waals surface area contributed by atoms with Crippen LogP contribution in [0.2, 0.25) is 0 Å². The topological polar surface area (TPSA) is 144 Å². The molecule has 0 spiro atoms. The summed E-state index contributed by atoms with van der Waals surface area (Å²) in [5.41, 5.74) is 8.88. The van der Waals surface area contributed by atoms with E-state index >= 15 is 0 Å². The first-order chi connectivity index (χ1) is 12.8. The Labute approximate surface area is 157 Å². The molecule has 1 aromatic carbocycles.